The minimum atomic E-state index is -4.51. The number of benzene rings is 2. The number of halogens is 3. The number of fused-ring (bicyclic) bond motifs is 1. The maximum absolute atomic E-state index is 12.9. The Morgan fingerprint density at radius 2 is 1.92 bits per heavy atom. The predicted octanol–water partition coefficient (Wildman–Crippen LogP) is 3.36. The first-order chi connectivity index (χ1) is 12.3. The number of amides is 1. The molecule has 134 valence electrons. The van der Waals surface area contributed by atoms with Gasteiger partial charge < -0.3 is 5.32 Å². The molecule has 0 spiro atoms. The highest BCUT2D eigenvalue weighted by Crippen LogP contribution is 2.33. The zero-order valence-corrected chi connectivity index (χ0v) is 13.7. The molecule has 3 aromatic rings. The van der Waals surface area contributed by atoms with Crippen LogP contribution in [0.2, 0.25) is 0 Å². The first-order valence-corrected chi connectivity index (χ1v) is 7.67. The molecule has 2 aromatic carbocycles. The number of aryl methyl sites for hydroxylation is 1. The topological polar surface area (TPSA) is 64.0 Å². The van der Waals surface area contributed by atoms with E-state index < -0.39 is 23.2 Å². The molecule has 1 amide bonds. The fraction of sp³-hybridized carbons (Fsp3) is 0.167. The number of alkyl halides is 3. The number of hydrogen-bond acceptors (Lipinski definition) is 3. The smallest absolute Gasteiger partial charge is 0.325 e. The van der Waals surface area contributed by atoms with Crippen molar-refractivity contribution in [1.82, 2.24) is 9.55 Å². The van der Waals surface area contributed by atoms with E-state index in [2.05, 4.69) is 10.3 Å². The van der Waals surface area contributed by atoms with Gasteiger partial charge in [-0.25, -0.2) is 4.98 Å². The van der Waals surface area contributed by atoms with E-state index in [1.165, 1.54) is 25.4 Å². The Hall–Kier alpha value is -3.16. The van der Waals surface area contributed by atoms with Gasteiger partial charge in [0.1, 0.15) is 6.54 Å². The molecular formula is C18H14F3N3O2. The highest BCUT2D eigenvalue weighted by atomic mass is 19.4. The van der Waals surface area contributed by atoms with Crippen LogP contribution in [0.5, 0.6) is 0 Å². The summed E-state index contributed by atoms with van der Waals surface area (Å²) in [7, 11) is 0. The Bertz CT molecular complexity index is 1040. The third-order valence-electron chi connectivity index (χ3n) is 3.87. The summed E-state index contributed by atoms with van der Waals surface area (Å²) < 4.78 is 40.0. The highest BCUT2D eigenvalue weighted by molar-refractivity contribution is 5.91. The summed E-state index contributed by atoms with van der Waals surface area (Å²) in [6.45, 7) is 0.987. The Kier molecular flexibility index (Phi) is 4.50. The maximum Gasteiger partial charge on any atom is 0.416 e. The van der Waals surface area contributed by atoms with Crippen molar-refractivity contribution in [3.63, 3.8) is 0 Å². The number of aromatic nitrogens is 2. The van der Waals surface area contributed by atoms with Crippen LogP contribution >= 0.6 is 0 Å². The summed E-state index contributed by atoms with van der Waals surface area (Å²) in [6, 6.07) is 10.2. The standard InChI is InChI=1S/C18H14F3N3O2/c1-11-6-7-12(8-14(11)18(19,20)21)23-16(25)9-24-10-22-15-5-3-2-4-13(15)17(24)26/h2-8,10H,9H2,1H3,(H,23,25). The average molecular weight is 361 g/mol. The summed E-state index contributed by atoms with van der Waals surface area (Å²) in [5.41, 5.74) is -0.645. The zero-order valence-electron chi connectivity index (χ0n) is 13.7. The van der Waals surface area contributed by atoms with Crippen molar-refractivity contribution < 1.29 is 18.0 Å². The van der Waals surface area contributed by atoms with E-state index in [1.54, 1.807) is 24.3 Å². The minimum absolute atomic E-state index is 0.00900. The quantitative estimate of drug-likeness (QED) is 0.778. The van der Waals surface area contributed by atoms with Gasteiger partial charge in [0.15, 0.2) is 0 Å². The Morgan fingerprint density at radius 3 is 2.65 bits per heavy atom. The Morgan fingerprint density at radius 1 is 1.19 bits per heavy atom. The Labute approximate surface area is 146 Å². The number of carbonyl (C=O) groups excluding carboxylic acids is 1. The molecule has 0 bridgehead atoms. The van der Waals surface area contributed by atoms with E-state index in [1.807, 2.05) is 0 Å². The minimum Gasteiger partial charge on any atom is -0.325 e. The highest BCUT2D eigenvalue weighted by Gasteiger charge is 2.32. The van der Waals surface area contributed by atoms with Crippen molar-refractivity contribution in [2.45, 2.75) is 19.6 Å². The molecule has 0 aliphatic carbocycles. The number of nitrogens with zero attached hydrogens (tertiary/aromatic N) is 2. The molecule has 8 heteroatoms. The van der Waals surface area contributed by atoms with Crippen LogP contribution in [0.4, 0.5) is 18.9 Å². The summed E-state index contributed by atoms with van der Waals surface area (Å²) in [6.07, 6.45) is -3.27. The number of nitrogens with one attached hydrogen (secondary N) is 1. The lowest BCUT2D eigenvalue weighted by Gasteiger charge is -2.13. The molecule has 1 N–H and O–H groups in total. The second kappa shape index (κ2) is 6.62. The largest absolute Gasteiger partial charge is 0.416 e. The van der Waals surface area contributed by atoms with Crippen molar-refractivity contribution in [3.8, 4) is 0 Å². The normalized spacial score (nSPS) is 11.5. The molecule has 26 heavy (non-hydrogen) atoms. The van der Waals surface area contributed by atoms with Crippen molar-refractivity contribution >= 4 is 22.5 Å². The lowest BCUT2D eigenvalue weighted by atomic mass is 10.1. The van der Waals surface area contributed by atoms with Gasteiger partial charge in [-0.2, -0.15) is 13.2 Å². The van der Waals surface area contributed by atoms with Gasteiger partial charge in [0, 0.05) is 5.69 Å². The van der Waals surface area contributed by atoms with Crippen molar-refractivity contribution in [2.75, 3.05) is 5.32 Å². The maximum atomic E-state index is 12.9. The molecule has 0 unspecified atom stereocenters. The molecule has 0 saturated carbocycles. The first kappa shape index (κ1) is 17.7. The predicted molar refractivity (Wildman–Crippen MR) is 90.8 cm³/mol. The van der Waals surface area contributed by atoms with Crippen molar-refractivity contribution in [3.05, 3.63) is 70.3 Å². The van der Waals surface area contributed by atoms with Crippen LogP contribution in [0.25, 0.3) is 10.9 Å². The molecule has 0 saturated heterocycles. The van der Waals surface area contributed by atoms with Crippen LogP contribution in [0.3, 0.4) is 0 Å². The van der Waals surface area contributed by atoms with Gasteiger partial charge in [-0.1, -0.05) is 18.2 Å². The van der Waals surface area contributed by atoms with Gasteiger partial charge in [0.2, 0.25) is 5.91 Å². The van der Waals surface area contributed by atoms with Crippen LogP contribution < -0.4 is 10.9 Å². The third-order valence-corrected chi connectivity index (χ3v) is 3.87. The second-order valence-corrected chi connectivity index (χ2v) is 5.77. The molecule has 3 rings (SSSR count). The molecule has 0 aliphatic heterocycles. The van der Waals surface area contributed by atoms with Crippen LogP contribution in [0.15, 0.2) is 53.6 Å². The van der Waals surface area contributed by atoms with Crippen LogP contribution in [0.1, 0.15) is 11.1 Å². The third kappa shape index (κ3) is 3.58. The molecular weight excluding hydrogens is 347 g/mol. The van der Waals surface area contributed by atoms with E-state index >= 15 is 0 Å². The summed E-state index contributed by atoms with van der Waals surface area (Å²) >= 11 is 0. The van der Waals surface area contributed by atoms with Crippen LogP contribution in [-0.4, -0.2) is 15.5 Å². The summed E-state index contributed by atoms with van der Waals surface area (Å²) in [4.78, 5) is 28.6. The molecule has 0 atom stereocenters. The van der Waals surface area contributed by atoms with Gasteiger partial charge in [-0.3, -0.25) is 14.2 Å². The lowest BCUT2D eigenvalue weighted by molar-refractivity contribution is -0.138. The lowest BCUT2D eigenvalue weighted by Crippen LogP contribution is -2.28. The summed E-state index contributed by atoms with van der Waals surface area (Å²) in [5.74, 6) is -0.624. The monoisotopic (exact) mass is 361 g/mol. The van der Waals surface area contributed by atoms with E-state index in [0.717, 1.165) is 10.6 Å². The molecule has 0 aliphatic rings. The number of hydrogen-bond donors (Lipinski definition) is 1. The van der Waals surface area contributed by atoms with Gasteiger partial charge >= 0.3 is 6.18 Å². The number of rotatable bonds is 3. The van der Waals surface area contributed by atoms with Gasteiger partial charge in [0.05, 0.1) is 22.8 Å². The van der Waals surface area contributed by atoms with Crippen molar-refractivity contribution in [1.29, 1.82) is 0 Å². The van der Waals surface area contributed by atoms with Gasteiger partial charge in [0.25, 0.3) is 5.56 Å². The molecule has 1 heterocycles. The van der Waals surface area contributed by atoms with Gasteiger partial charge in [-0.05, 0) is 36.8 Å². The van der Waals surface area contributed by atoms with Crippen molar-refractivity contribution in [2.24, 2.45) is 0 Å². The van der Waals surface area contributed by atoms with E-state index in [4.69, 9.17) is 0 Å². The average Bonchev–Trinajstić information content (AvgIpc) is 2.58. The van der Waals surface area contributed by atoms with Crippen LogP contribution in [0, 0.1) is 6.92 Å². The van der Waals surface area contributed by atoms with E-state index in [0.29, 0.717) is 10.9 Å². The fourth-order valence-electron chi connectivity index (χ4n) is 2.58. The Balaban J connectivity index is 1.82. The summed E-state index contributed by atoms with van der Waals surface area (Å²) in [5, 5.41) is 2.74. The zero-order chi connectivity index (χ0) is 18.9. The van der Waals surface area contributed by atoms with E-state index in [9.17, 15) is 22.8 Å². The molecule has 0 radical (unpaired) electrons. The molecule has 1 aromatic heterocycles. The SMILES string of the molecule is Cc1ccc(NC(=O)Cn2cnc3ccccc3c2=O)cc1C(F)(F)F. The molecule has 5 nitrogen and oxygen atoms in total. The number of para-hydroxylation sites is 1. The van der Waals surface area contributed by atoms with Gasteiger partial charge in [-0.15, -0.1) is 0 Å². The fourth-order valence-corrected chi connectivity index (χ4v) is 2.58. The number of carbonyl (C=O) groups is 1. The molecule has 0 fully saturated rings. The first-order valence-electron chi connectivity index (χ1n) is 7.67. The van der Waals surface area contributed by atoms with Crippen LogP contribution in [-0.2, 0) is 17.5 Å². The number of anilines is 1. The van der Waals surface area contributed by atoms with E-state index in [-0.39, 0.29) is 17.8 Å². The second-order valence-electron chi connectivity index (χ2n) is 5.77.